The first-order valence-electron chi connectivity index (χ1n) is 10.3. The summed E-state index contributed by atoms with van der Waals surface area (Å²) in [6, 6.07) is 13.9. The van der Waals surface area contributed by atoms with E-state index in [4.69, 9.17) is 0 Å². The lowest BCUT2D eigenvalue weighted by atomic mass is 10.0. The topological polar surface area (TPSA) is 78.7 Å². The van der Waals surface area contributed by atoms with Crippen molar-refractivity contribution in [2.45, 2.75) is 18.4 Å². The summed E-state index contributed by atoms with van der Waals surface area (Å²) in [6.07, 6.45) is 2.94. The molecular formula is C23H24N4O3. The number of amides is 2. The van der Waals surface area contributed by atoms with Crippen molar-refractivity contribution in [3.05, 3.63) is 54.2 Å². The summed E-state index contributed by atoms with van der Waals surface area (Å²) < 4.78 is 1.85. The molecule has 0 unspecified atom stereocenters. The van der Waals surface area contributed by atoms with E-state index in [1.807, 2.05) is 42.2 Å². The van der Waals surface area contributed by atoms with Gasteiger partial charge in [-0.25, -0.2) is 0 Å². The van der Waals surface area contributed by atoms with Gasteiger partial charge in [0.1, 0.15) is 5.60 Å². The van der Waals surface area contributed by atoms with Gasteiger partial charge < -0.3 is 14.9 Å². The number of aromatic nitrogens is 2. The second-order valence-electron chi connectivity index (χ2n) is 8.24. The van der Waals surface area contributed by atoms with Crippen LogP contribution >= 0.6 is 0 Å². The van der Waals surface area contributed by atoms with Crippen LogP contribution in [-0.4, -0.2) is 68.3 Å². The van der Waals surface area contributed by atoms with Crippen LogP contribution in [0.3, 0.4) is 0 Å². The summed E-state index contributed by atoms with van der Waals surface area (Å²) in [5, 5.41) is 15.4. The molecular weight excluding hydrogens is 380 g/mol. The van der Waals surface area contributed by atoms with Gasteiger partial charge in [0.15, 0.2) is 0 Å². The Bertz CT molecular complexity index is 1120. The van der Waals surface area contributed by atoms with Gasteiger partial charge >= 0.3 is 0 Å². The van der Waals surface area contributed by atoms with Crippen LogP contribution in [0, 0.1) is 0 Å². The van der Waals surface area contributed by atoms with Crippen LogP contribution in [0.1, 0.15) is 23.2 Å². The molecule has 2 aliphatic rings. The molecule has 2 amide bonds. The summed E-state index contributed by atoms with van der Waals surface area (Å²) >= 11 is 0. The highest BCUT2D eigenvalue weighted by atomic mass is 16.3. The largest absolute Gasteiger partial charge is 0.380 e. The van der Waals surface area contributed by atoms with Crippen molar-refractivity contribution in [3.63, 3.8) is 0 Å². The van der Waals surface area contributed by atoms with E-state index in [2.05, 4.69) is 23.3 Å². The Morgan fingerprint density at radius 2 is 1.57 bits per heavy atom. The molecule has 1 N–H and O–H groups in total. The molecule has 2 fully saturated rings. The normalized spacial score (nSPS) is 17.9. The number of aliphatic hydroxyl groups is 1. The van der Waals surface area contributed by atoms with Gasteiger partial charge in [0.2, 0.25) is 0 Å². The van der Waals surface area contributed by atoms with E-state index in [0.29, 0.717) is 44.6 Å². The third kappa shape index (κ3) is 3.25. The van der Waals surface area contributed by atoms with E-state index in [-0.39, 0.29) is 11.8 Å². The summed E-state index contributed by atoms with van der Waals surface area (Å²) in [7, 11) is 1.92. The van der Waals surface area contributed by atoms with Crippen LogP contribution in [-0.2, 0) is 11.8 Å². The van der Waals surface area contributed by atoms with Gasteiger partial charge in [0.25, 0.3) is 11.8 Å². The van der Waals surface area contributed by atoms with Crippen molar-refractivity contribution < 1.29 is 14.7 Å². The number of nitrogens with zero attached hydrogens (tertiary/aromatic N) is 4. The zero-order valence-electron chi connectivity index (χ0n) is 16.9. The number of hydrogen-bond acceptors (Lipinski definition) is 4. The van der Waals surface area contributed by atoms with Crippen molar-refractivity contribution in [3.8, 4) is 11.1 Å². The highest BCUT2D eigenvalue weighted by Gasteiger charge is 2.50. The second kappa shape index (κ2) is 6.95. The number of fused-ring (bicyclic) bond motifs is 1. The van der Waals surface area contributed by atoms with Gasteiger partial charge in [-0.2, -0.15) is 5.10 Å². The van der Waals surface area contributed by atoms with Crippen LogP contribution in [0.25, 0.3) is 22.0 Å². The van der Waals surface area contributed by atoms with Crippen molar-refractivity contribution in [1.82, 2.24) is 19.6 Å². The van der Waals surface area contributed by atoms with Gasteiger partial charge in [-0.05, 0) is 48.2 Å². The minimum absolute atomic E-state index is 0.0264. The van der Waals surface area contributed by atoms with Gasteiger partial charge in [-0.3, -0.25) is 14.3 Å². The van der Waals surface area contributed by atoms with Crippen LogP contribution in [0.15, 0.2) is 48.7 Å². The molecule has 0 bridgehead atoms. The Morgan fingerprint density at radius 1 is 0.933 bits per heavy atom. The first-order chi connectivity index (χ1) is 14.4. The molecule has 1 aliphatic heterocycles. The minimum Gasteiger partial charge on any atom is -0.380 e. The molecule has 0 spiro atoms. The van der Waals surface area contributed by atoms with E-state index >= 15 is 0 Å². The van der Waals surface area contributed by atoms with Gasteiger partial charge in [0.05, 0.1) is 11.7 Å². The Kier molecular flexibility index (Phi) is 4.36. The summed E-state index contributed by atoms with van der Waals surface area (Å²) in [5.74, 6) is -0.217. The van der Waals surface area contributed by atoms with E-state index < -0.39 is 5.60 Å². The molecule has 5 rings (SSSR count). The summed E-state index contributed by atoms with van der Waals surface area (Å²) in [4.78, 5) is 28.6. The maximum absolute atomic E-state index is 12.9. The smallest absolute Gasteiger partial charge is 0.254 e. The molecule has 30 heavy (non-hydrogen) atoms. The number of hydrogen-bond donors (Lipinski definition) is 1. The lowest BCUT2D eigenvalue weighted by Gasteiger charge is -2.35. The van der Waals surface area contributed by atoms with Crippen molar-refractivity contribution in [2.75, 3.05) is 26.2 Å². The van der Waals surface area contributed by atoms with Crippen molar-refractivity contribution in [2.24, 2.45) is 7.05 Å². The number of benzene rings is 2. The third-order valence-corrected chi connectivity index (χ3v) is 6.19. The molecule has 1 saturated carbocycles. The zero-order valence-corrected chi connectivity index (χ0v) is 16.9. The molecule has 0 radical (unpaired) electrons. The lowest BCUT2D eigenvalue weighted by Crippen LogP contribution is -2.53. The Hall–Kier alpha value is -3.19. The summed E-state index contributed by atoms with van der Waals surface area (Å²) in [5.41, 5.74) is 2.71. The van der Waals surface area contributed by atoms with Crippen molar-refractivity contribution in [1.29, 1.82) is 0 Å². The van der Waals surface area contributed by atoms with Crippen LogP contribution in [0.2, 0.25) is 0 Å². The Labute approximate surface area is 174 Å². The molecule has 1 saturated heterocycles. The van der Waals surface area contributed by atoms with Gasteiger partial charge in [-0.1, -0.05) is 18.2 Å². The average molecular weight is 404 g/mol. The molecule has 1 aromatic heterocycles. The molecule has 2 heterocycles. The van der Waals surface area contributed by atoms with Crippen molar-refractivity contribution >= 4 is 22.7 Å². The fraction of sp³-hybridized carbons (Fsp3) is 0.348. The second-order valence-corrected chi connectivity index (χ2v) is 8.24. The minimum atomic E-state index is -1.14. The first kappa shape index (κ1) is 18.8. The lowest BCUT2D eigenvalue weighted by molar-refractivity contribution is -0.143. The van der Waals surface area contributed by atoms with Crippen LogP contribution in [0.5, 0.6) is 0 Å². The Morgan fingerprint density at radius 3 is 2.23 bits per heavy atom. The predicted octanol–water partition coefficient (Wildman–Crippen LogP) is 2.05. The maximum atomic E-state index is 12.9. The van der Waals surface area contributed by atoms with Crippen LogP contribution in [0.4, 0.5) is 0 Å². The van der Waals surface area contributed by atoms with E-state index in [9.17, 15) is 14.7 Å². The van der Waals surface area contributed by atoms with Gasteiger partial charge in [-0.15, -0.1) is 0 Å². The maximum Gasteiger partial charge on any atom is 0.254 e. The molecule has 0 atom stereocenters. The van der Waals surface area contributed by atoms with Gasteiger partial charge in [0, 0.05) is 44.2 Å². The SMILES string of the molecule is Cn1ncc2cc(-c3ccc(C(=O)N4CCN(C(=O)C5(O)CC5)CC4)cc3)ccc21. The highest BCUT2D eigenvalue weighted by molar-refractivity contribution is 5.95. The fourth-order valence-electron chi connectivity index (χ4n) is 4.07. The number of rotatable bonds is 3. The zero-order chi connectivity index (χ0) is 20.9. The van der Waals surface area contributed by atoms with E-state index in [1.54, 1.807) is 9.80 Å². The molecule has 7 nitrogen and oxygen atoms in total. The van der Waals surface area contributed by atoms with Crippen LogP contribution < -0.4 is 0 Å². The Balaban J connectivity index is 1.26. The van der Waals surface area contributed by atoms with E-state index in [1.165, 1.54) is 0 Å². The number of carbonyl (C=O) groups excluding carboxylic acids is 2. The number of carbonyl (C=O) groups is 2. The average Bonchev–Trinajstić information content (AvgIpc) is 3.44. The number of aryl methyl sites for hydroxylation is 1. The standard InChI is InChI=1S/C23H24N4O3/c1-25-20-7-6-18(14-19(20)15-24-25)16-2-4-17(5-3-16)21(28)26-10-12-27(13-11-26)22(29)23(30)8-9-23/h2-7,14-15,30H,8-13H2,1H3. The quantitative estimate of drug-likeness (QED) is 0.725. The third-order valence-electron chi connectivity index (χ3n) is 6.19. The molecule has 3 aromatic rings. The molecule has 7 heteroatoms. The summed E-state index contributed by atoms with van der Waals surface area (Å²) in [6.45, 7) is 1.91. The molecule has 2 aromatic carbocycles. The monoisotopic (exact) mass is 404 g/mol. The fourth-order valence-corrected chi connectivity index (χ4v) is 4.07. The number of piperazine rings is 1. The highest BCUT2D eigenvalue weighted by Crippen LogP contribution is 2.37. The van der Waals surface area contributed by atoms with E-state index in [0.717, 1.165) is 22.0 Å². The predicted molar refractivity (Wildman–Crippen MR) is 113 cm³/mol. The first-order valence-corrected chi connectivity index (χ1v) is 10.3. The molecule has 1 aliphatic carbocycles. The molecule has 154 valence electrons.